The number of amides is 1. The minimum Gasteiger partial charge on any atom is -0.446 e. The van der Waals surface area contributed by atoms with Gasteiger partial charge >= 0.3 is 6.09 Å². The number of nitrogens with one attached hydrogen (secondary N) is 1. The van der Waals surface area contributed by atoms with Crippen molar-refractivity contribution in [3.63, 3.8) is 0 Å². The molecule has 1 amide bonds. The lowest BCUT2D eigenvalue weighted by molar-refractivity contribution is -0.0782. The van der Waals surface area contributed by atoms with E-state index in [2.05, 4.69) is 5.32 Å². The molecule has 1 saturated carbocycles. The molecule has 0 aromatic heterocycles. The quantitative estimate of drug-likeness (QED) is 0.754. The van der Waals surface area contributed by atoms with Gasteiger partial charge in [-0.2, -0.15) is 0 Å². The van der Waals surface area contributed by atoms with E-state index in [4.69, 9.17) is 4.74 Å². The molecule has 1 N–H and O–H groups in total. The number of hydrogen-bond acceptors (Lipinski definition) is 2. The van der Waals surface area contributed by atoms with Crippen molar-refractivity contribution in [3.8, 4) is 0 Å². The van der Waals surface area contributed by atoms with Crippen molar-refractivity contribution in [1.29, 1.82) is 0 Å². The number of hydrogen-bond donors (Lipinski definition) is 1. The van der Waals surface area contributed by atoms with Crippen LogP contribution in [-0.2, 0) is 4.74 Å². The van der Waals surface area contributed by atoms with Gasteiger partial charge in [-0.3, -0.25) is 0 Å². The van der Waals surface area contributed by atoms with Crippen LogP contribution in [0.2, 0.25) is 0 Å². The van der Waals surface area contributed by atoms with Crippen LogP contribution in [0.5, 0.6) is 0 Å². The van der Waals surface area contributed by atoms with Gasteiger partial charge in [-0.05, 0) is 19.8 Å². The van der Waals surface area contributed by atoms with Crippen LogP contribution in [0.25, 0.3) is 0 Å². The summed E-state index contributed by atoms with van der Waals surface area (Å²) >= 11 is 0. The molecule has 1 aliphatic rings. The molecule has 5 heteroatoms. The average Bonchev–Trinajstić information content (AvgIpc) is 2.02. The van der Waals surface area contributed by atoms with Crippen molar-refractivity contribution in [3.05, 3.63) is 0 Å². The predicted octanol–water partition coefficient (Wildman–Crippen LogP) is 2.31. The van der Waals surface area contributed by atoms with Gasteiger partial charge in [0.05, 0.1) is 0 Å². The summed E-state index contributed by atoms with van der Waals surface area (Å²) in [5, 5.41) is 2.41. The maximum Gasteiger partial charge on any atom is 0.407 e. The fraction of sp³-hybridized carbons (Fsp3) is 0.889. The van der Waals surface area contributed by atoms with Crippen molar-refractivity contribution < 1.29 is 18.3 Å². The Balaban J connectivity index is 2.34. The molecule has 3 nitrogen and oxygen atoms in total. The van der Waals surface area contributed by atoms with Crippen LogP contribution in [0.15, 0.2) is 0 Å². The summed E-state index contributed by atoms with van der Waals surface area (Å²) in [6, 6.07) is 0. The standard InChI is InChI=1S/C9H15F2NO2/c1-2-12-8(13)14-7-4-3-5-9(10,11)6-7/h7H,2-6H2,1H3,(H,12,13). The van der Waals surface area contributed by atoms with Gasteiger partial charge in [0.15, 0.2) is 0 Å². The summed E-state index contributed by atoms with van der Waals surface area (Å²) in [5.74, 6) is -2.67. The molecular weight excluding hydrogens is 192 g/mol. The van der Waals surface area contributed by atoms with Crippen LogP contribution in [0.4, 0.5) is 13.6 Å². The molecule has 0 bridgehead atoms. The number of rotatable bonds is 2. The van der Waals surface area contributed by atoms with Crippen LogP contribution >= 0.6 is 0 Å². The van der Waals surface area contributed by atoms with E-state index < -0.39 is 18.1 Å². The van der Waals surface area contributed by atoms with Gasteiger partial charge in [-0.25, -0.2) is 13.6 Å². The molecule has 0 saturated heterocycles. The summed E-state index contributed by atoms with van der Waals surface area (Å²) < 4.78 is 30.6. The van der Waals surface area contributed by atoms with E-state index in [0.29, 0.717) is 19.4 Å². The highest BCUT2D eigenvalue weighted by Gasteiger charge is 2.37. The molecule has 1 unspecified atom stereocenters. The fourth-order valence-electron chi connectivity index (χ4n) is 1.56. The number of carbonyl (C=O) groups excluding carboxylic acids is 1. The van der Waals surface area contributed by atoms with E-state index in [9.17, 15) is 13.6 Å². The lowest BCUT2D eigenvalue weighted by Gasteiger charge is -2.28. The third-order valence-electron chi connectivity index (χ3n) is 2.19. The Bertz CT molecular complexity index is 209. The molecule has 1 rings (SSSR count). The highest BCUT2D eigenvalue weighted by Crippen LogP contribution is 2.34. The third kappa shape index (κ3) is 3.47. The van der Waals surface area contributed by atoms with Gasteiger partial charge in [0.25, 0.3) is 5.92 Å². The molecule has 0 spiro atoms. The van der Waals surface area contributed by atoms with Gasteiger partial charge in [0.2, 0.25) is 0 Å². The van der Waals surface area contributed by atoms with E-state index in [1.165, 1.54) is 0 Å². The second kappa shape index (κ2) is 4.57. The topological polar surface area (TPSA) is 38.3 Å². The van der Waals surface area contributed by atoms with E-state index in [0.717, 1.165) is 0 Å². The zero-order chi connectivity index (χ0) is 10.6. The SMILES string of the molecule is CCNC(=O)OC1CCCC(F)(F)C1. The molecule has 14 heavy (non-hydrogen) atoms. The first kappa shape index (κ1) is 11.2. The van der Waals surface area contributed by atoms with E-state index in [-0.39, 0.29) is 12.8 Å². The largest absolute Gasteiger partial charge is 0.446 e. The van der Waals surface area contributed by atoms with Crippen molar-refractivity contribution in [2.75, 3.05) is 6.54 Å². The molecule has 0 radical (unpaired) electrons. The Kier molecular flexibility index (Phi) is 3.66. The monoisotopic (exact) mass is 207 g/mol. The highest BCUT2D eigenvalue weighted by atomic mass is 19.3. The molecule has 1 atom stereocenters. The Labute approximate surface area is 81.8 Å². The Morgan fingerprint density at radius 3 is 2.93 bits per heavy atom. The minimum absolute atomic E-state index is 0.0950. The van der Waals surface area contributed by atoms with E-state index in [1.54, 1.807) is 6.92 Å². The summed E-state index contributed by atoms with van der Waals surface area (Å²) in [4.78, 5) is 10.9. The lowest BCUT2D eigenvalue weighted by atomic mass is 9.94. The Morgan fingerprint density at radius 1 is 1.64 bits per heavy atom. The molecular formula is C9H15F2NO2. The first-order valence-corrected chi connectivity index (χ1v) is 4.86. The number of carbonyl (C=O) groups is 1. The lowest BCUT2D eigenvalue weighted by Crippen LogP contribution is -2.35. The summed E-state index contributed by atoms with van der Waals surface area (Å²) in [7, 11) is 0. The van der Waals surface area contributed by atoms with Gasteiger partial charge in [-0.15, -0.1) is 0 Å². The molecule has 1 aliphatic carbocycles. The summed E-state index contributed by atoms with van der Waals surface area (Å²) in [6.45, 7) is 2.19. The predicted molar refractivity (Wildman–Crippen MR) is 47.4 cm³/mol. The van der Waals surface area contributed by atoms with Crippen LogP contribution in [-0.4, -0.2) is 24.7 Å². The van der Waals surface area contributed by atoms with E-state index in [1.807, 2.05) is 0 Å². The van der Waals surface area contributed by atoms with Gasteiger partial charge in [0.1, 0.15) is 6.10 Å². The first-order chi connectivity index (χ1) is 6.53. The molecule has 1 fully saturated rings. The zero-order valence-corrected chi connectivity index (χ0v) is 8.19. The Hall–Kier alpha value is -0.870. The van der Waals surface area contributed by atoms with Gasteiger partial charge in [0, 0.05) is 19.4 Å². The summed E-state index contributed by atoms with van der Waals surface area (Å²) in [5.41, 5.74) is 0. The molecule has 0 heterocycles. The minimum atomic E-state index is -2.67. The number of ether oxygens (including phenoxy) is 1. The normalized spacial score (nSPS) is 25.5. The van der Waals surface area contributed by atoms with Crippen molar-refractivity contribution in [1.82, 2.24) is 5.32 Å². The zero-order valence-electron chi connectivity index (χ0n) is 8.19. The van der Waals surface area contributed by atoms with Gasteiger partial charge < -0.3 is 10.1 Å². The number of alkyl carbamates (subject to hydrolysis) is 1. The molecule has 82 valence electrons. The van der Waals surface area contributed by atoms with Crippen molar-refractivity contribution in [2.45, 2.75) is 44.6 Å². The third-order valence-corrected chi connectivity index (χ3v) is 2.19. The van der Waals surface area contributed by atoms with Crippen LogP contribution in [0.1, 0.15) is 32.6 Å². The first-order valence-electron chi connectivity index (χ1n) is 4.86. The fourth-order valence-corrected chi connectivity index (χ4v) is 1.56. The second-order valence-electron chi connectivity index (χ2n) is 3.51. The van der Waals surface area contributed by atoms with Gasteiger partial charge in [-0.1, -0.05) is 0 Å². The Morgan fingerprint density at radius 2 is 2.36 bits per heavy atom. The van der Waals surface area contributed by atoms with E-state index >= 15 is 0 Å². The molecule has 0 aromatic rings. The van der Waals surface area contributed by atoms with Crippen LogP contribution < -0.4 is 5.32 Å². The van der Waals surface area contributed by atoms with Crippen molar-refractivity contribution in [2.24, 2.45) is 0 Å². The summed E-state index contributed by atoms with van der Waals surface area (Å²) in [6.07, 6.45) is -0.726. The smallest absolute Gasteiger partial charge is 0.407 e. The second-order valence-corrected chi connectivity index (χ2v) is 3.51. The van der Waals surface area contributed by atoms with Crippen LogP contribution in [0, 0.1) is 0 Å². The maximum atomic E-state index is 12.9. The van der Waals surface area contributed by atoms with Crippen molar-refractivity contribution >= 4 is 6.09 Å². The molecule has 0 aliphatic heterocycles. The average molecular weight is 207 g/mol. The number of alkyl halides is 2. The molecule has 0 aromatic carbocycles. The highest BCUT2D eigenvalue weighted by molar-refractivity contribution is 5.67. The number of halogens is 2. The van der Waals surface area contributed by atoms with Crippen LogP contribution in [0.3, 0.4) is 0 Å². The maximum absolute atomic E-state index is 12.9.